The van der Waals surface area contributed by atoms with Gasteiger partial charge in [-0.25, -0.2) is 9.78 Å². The normalized spacial score (nSPS) is 10.7. The molecule has 1 aromatic heterocycles. The van der Waals surface area contributed by atoms with E-state index in [1.54, 1.807) is 42.5 Å². The molecule has 7 heteroatoms. The topological polar surface area (TPSA) is 69.8 Å². The number of H-pyrrole nitrogens is 1. The Kier molecular flexibility index (Phi) is 4.71. The maximum Gasteiger partial charge on any atom is 0.323 e. The Morgan fingerprint density at radius 2 is 1.67 bits per heavy atom. The lowest BCUT2D eigenvalue weighted by Gasteiger charge is -2.10. The van der Waals surface area contributed by atoms with Crippen molar-refractivity contribution in [2.45, 2.75) is 0 Å². The molecule has 0 aliphatic heterocycles. The number of para-hydroxylation sites is 2. The van der Waals surface area contributed by atoms with Crippen LogP contribution in [0.2, 0.25) is 10.0 Å². The van der Waals surface area contributed by atoms with Gasteiger partial charge in [0.1, 0.15) is 5.82 Å². The Bertz CT molecular complexity index is 1110. The molecule has 0 bridgehead atoms. The smallest absolute Gasteiger partial charge is 0.323 e. The molecule has 0 fully saturated rings. The first kappa shape index (κ1) is 17.4. The standard InChI is InChI=1S/C20H14Cl2N4O/c21-12-4-3-5-13(10-12)23-20(27)24-14-8-9-16(22)15(11-14)19-25-17-6-1-2-7-18(17)26-19/h1-11H,(H,25,26)(H2,23,24,27). The molecule has 0 unspecified atom stereocenters. The van der Waals surface area contributed by atoms with Gasteiger partial charge in [-0.2, -0.15) is 0 Å². The third-order valence-corrected chi connectivity index (χ3v) is 4.52. The summed E-state index contributed by atoms with van der Waals surface area (Å²) in [7, 11) is 0. The number of rotatable bonds is 3. The van der Waals surface area contributed by atoms with E-state index in [0.29, 0.717) is 32.8 Å². The molecule has 3 aromatic carbocycles. The number of aromatic nitrogens is 2. The lowest BCUT2D eigenvalue weighted by Crippen LogP contribution is -2.19. The van der Waals surface area contributed by atoms with E-state index in [1.807, 2.05) is 24.3 Å². The van der Waals surface area contributed by atoms with Gasteiger partial charge < -0.3 is 15.6 Å². The van der Waals surface area contributed by atoms with E-state index in [9.17, 15) is 4.79 Å². The van der Waals surface area contributed by atoms with Crippen molar-refractivity contribution in [1.82, 2.24) is 9.97 Å². The number of nitrogens with zero attached hydrogens (tertiary/aromatic N) is 1. The third kappa shape index (κ3) is 3.89. The van der Waals surface area contributed by atoms with Crippen molar-refractivity contribution in [3.05, 3.63) is 76.8 Å². The first-order valence-corrected chi connectivity index (χ1v) is 8.92. The van der Waals surface area contributed by atoms with Gasteiger partial charge in [-0.1, -0.05) is 41.4 Å². The first-order chi connectivity index (χ1) is 13.1. The van der Waals surface area contributed by atoms with Crippen LogP contribution in [-0.4, -0.2) is 16.0 Å². The van der Waals surface area contributed by atoms with Gasteiger partial charge in [0.05, 0.1) is 16.1 Å². The molecule has 5 nitrogen and oxygen atoms in total. The summed E-state index contributed by atoms with van der Waals surface area (Å²) in [4.78, 5) is 20.0. The minimum absolute atomic E-state index is 0.379. The van der Waals surface area contributed by atoms with Crippen LogP contribution in [0.4, 0.5) is 16.2 Å². The lowest BCUT2D eigenvalue weighted by molar-refractivity contribution is 0.262. The fourth-order valence-corrected chi connectivity index (χ4v) is 3.12. The summed E-state index contributed by atoms with van der Waals surface area (Å²) < 4.78 is 0. The number of carbonyl (C=O) groups is 1. The van der Waals surface area contributed by atoms with E-state index in [-0.39, 0.29) is 6.03 Å². The van der Waals surface area contributed by atoms with Gasteiger partial charge in [-0.3, -0.25) is 0 Å². The summed E-state index contributed by atoms with van der Waals surface area (Å²) in [5.41, 5.74) is 3.66. The maximum absolute atomic E-state index is 12.2. The number of halogens is 2. The molecule has 4 rings (SSSR count). The molecule has 0 radical (unpaired) electrons. The molecule has 2 amide bonds. The lowest BCUT2D eigenvalue weighted by atomic mass is 10.2. The van der Waals surface area contributed by atoms with Crippen molar-refractivity contribution >= 4 is 51.6 Å². The minimum atomic E-state index is -0.379. The Hall–Kier alpha value is -3.02. The quantitative estimate of drug-likeness (QED) is 0.386. The monoisotopic (exact) mass is 396 g/mol. The van der Waals surface area contributed by atoms with Gasteiger partial charge in [0, 0.05) is 22.0 Å². The van der Waals surface area contributed by atoms with Crippen LogP contribution >= 0.6 is 23.2 Å². The molecule has 27 heavy (non-hydrogen) atoms. The summed E-state index contributed by atoms with van der Waals surface area (Å²) in [6.45, 7) is 0. The van der Waals surface area contributed by atoms with Gasteiger partial charge in [0.15, 0.2) is 0 Å². The highest BCUT2D eigenvalue weighted by molar-refractivity contribution is 6.33. The van der Waals surface area contributed by atoms with Gasteiger partial charge >= 0.3 is 6.03 Å². The second kappa shape index (κ2) is 7.31. The van der Waals surface area contributed by atoms with Gasteiger partial charge in [-0.05, 0) is 48.5 Å². The van der Waals surface area contributed by atoms with Gasteiger partial charge in [-0.15, -0.1) is 0 Å². The number of anilines is 2. The van der Waals surface area contributed by atoms with E-state index in [2.05, 4.69) is 20.6 Å². The number of hydrogen-bond acceptors (Lipinski definition) is 2. The van der Waals surface area contributed by atoms with E-state index >= 15 is 0 Å². The predicted molar refractivity (Wildman–Crippen MR) is 111 cm³/mol. The van der Waals surface area contributed by atoms with Crippen molar-refractivity contribution in [3.63, 3.8) is 0 Å². The van der Waals surface area contributed by atoms with Crippen LogP contribution in [0.15, 0.2) is 66.7 Å². The van der Waals surface area contributed by atoms with Crippen LogP contribution in [-0.2, 0) is 0 Å². The Balaban J connectivity index is 1.57. The van der Waals surface area contributed by atoms with E-state index in [4.69, 9.17) is 23.2 Å². The van der Waals surface area contributed by atoms with Gasteiger partial charge in [0.25, 0.3) is 0 Å². The zero-order valence-corrected chi connectivity index (χ0v) is 15.5. The number of carbonyl (C=O) groups excluding carboxylic acids is 1. The van der Waals surface area contributed by atoms with Crippen LogP contribution in [0.1, 0.15) is 0 Å². The number of fused-ring (bicyclic) bond motifs is 1. The summed E-state index contributed by atoms with van der Waals surface area (Å²) in [5.74, 6) is 0.639. The van der Waals surface area contributed by atoms with E-state index in [0.717, 1.165) is 11.0 Å². The van der Waals surface area contributed by atoms with Crippen LogP contribution in [0, 0.1) is 0 Å². The second-order valence-corrected chi connectivity index (χ2v) is 6.73. The van der Waals surface area contributed by atoms with E-state index in [1.165, 1.54) is 0 Å². The van der Waals surface area contributed by atoms with Crippen LogP contribution in [0.25, 0.3) is 22.4 Å². The summed E-state index contributed by atoms with van der Waals surface area (Å²) in [6, 6.07) is 19.5. The Morgan fingerprint density at radius 1 is 0.889 bits per heavy atom. The number of imidazole rings is 1. The Labute approximate surface area is 165 Å². The molecule has 0 saturated heterocycles. The number of aromatic amines is 1. The molecular formula is C20H14Cl2N4O. The molecule has 0 atom stereocenters. The fraction of sp³-hybridized carbons (Fsp3) is 0. The average Bonchev–Trinajstić information content (AvgIpc) is 3.07. The number of hydrogen-bond donors (Lipinski definition) is 3. The highest BCUT2D eigenvalue weighted by atomic mass is 35.5. The van der Waals surface area contributed by atoms with Crippen molar-refractivity contribution in [1.29, 1.82) is 0 Å². The summed E-state index contributed by atoms with van der Waals surface area (Å²) >= 11 is 12.3. The first-order valence-electron chi connectivity index (χ1n) is 8.17. The molecule has 0 aliphatic carbocycles. The van der Waals surface area contributed by atoms with Crippen molar-refractivity contribution in [3.8, 4) is 11.4 Å². The fourth-order valence-electron chi connectivity index (χ4n) is 2.72. The SMILES string of the molecule is O=C(Nc1cccc(Cl)c1)Nc1ccc(Cl)c(-c2nc3ccccc3[nH]2)c1. The van der Waals surface area contributed by atoms with E-state index < -0.39 is 0 Å². The predicted octanol–water partition coefficient (Wildman–Crippen LogP) is 6.18. The van der Waals surface area contributed by atoms with Crippen molar-refractivity contribution in [2.24, 2.45) is 0 Å². The molecule has 3 N–H and O–H groups in total. The zero-order valence-electron chi connectivity index (χ0n) is 14.0. The highest BCUT2D eigenvalue weighted by Gasteiger charge is 2.11. The molecule has 0 saturated carbocycles. The number of nitrogens with one attached hydrogen (secondary N) is 3. The van der Waals surface area contributed by atoms with Crippen molar-refractivity contribution in [2.75, 3.05) is 10.6 Å². The average molecular weight is 397 g/mol. The molecule has 0 aliphatic rings. The number of amides is 2. The van der Waals surface area contributed by atoms with Gasteiger partial charge in [0.2, 0.25) is 0 Å². The molecule has 0 spiro atoms. The number of benzene rings is 3. The molecule has 4 aromatic rings. The Morgan fingerprint density at radius 3 is 2.44 bits per heavy atom. The number of urea groups is 1. The molecule has 134 valence electrons. The van der Waals surface area contributed by atoms with Crippen molar-refractivity contribution < 1.29 is 4.79 Å². The second-order valence-electron chi connectivity index (χ2n) is 5.89. The van der Waals surface area contributed by atoms with Crippen LogP contribution < -0.4 is 10.6 Å². The largest absolute Gasteiger partial charge is 0.338 e. The van der Waals surface area contributed by atoms with Crippen LogP contribution in [0.5, 0.6) is 0 Å². The minimum Gasteiger partial charge on any atom is -0.338 e. The summed E-state index contributed by atoms with van der Waals surface area (Å²) in [6.07, 6.45) is 0. The zero-order chi connectivity index (χ0) is 18.8. The third-order valence-electron chi connectivity index (χ3n) is 3.95. The highest BCUT2D eigenvalue weighted by Crippen LogP contribution is 2.30. The summed E-state index contributed by atoms with van der Waals surface area (Å²) in [5, 5.41) is 6.61. The van der Waals surface area contributed by atoms with Crippen LogP contribution in [0.3, 0.4) is 0 Å². The molecule has 1 heterocycles. The molecular weight excluding hydrogens is 383 g/mol. The maximum atomic E-state index is 12.2.